The second kappa shape index (κ2) is 7.00. The average molecular weight is 347 g/mol. The minimum Gasteiger partial charge on any atom is -0.489 e. The van der Waals surface area contributed by atoms with Crippen molar-refractivity contribution in [3.63, 3.8) is 0 Å². The van der Waals surface area contributed by atoms with Crippen molar-refractivity contribution in [1.29, 1.82) is 0 Å². The van der Waals surface area contributed by atoms with E-state index in [1.165, 1.54) is 5.56 Å². The Hall–Kier alpha value is -3.15. The zero-order chi connectivity index (χ0) is 17.9. The highest BCUT2D eigenvalue weighted by Crippen LogP contribution is 2.33. The lowest BCUT2D eigenvalue weighted by Crippen LogP contribution is -2.17. The summed E-state index contributed by atoms with van der Waals surface area (Å²) in [6.07, 6.45) is 2.71. The van der Waals surface area contributed by atoms with Gasteiger partial charge in [-0.3, -0.25) is 0 Å². The molecule has 2 heterocycles. The molecule has 1 aliphatic rings. The van der Waals surface area contributed by atoms with Crippen molar-refractivity contribution < 1.29 is 4.74 Å². The summed E-state index contributed by atoms with van der Waals surface area (Å²) in [4.78, 5) is 6.76. The number of rotatable bonds is 5. The first-order chi connectivity index (χ1) is 12.7. The lowest BCUT2D eigenvalue weighted by Gasteiger charge is -2.18. The summed E-state index contributed by atoms with van der Waals surface area (Å²) in [6, 6.07) is 16.1. The van der Waals surface area contributed by atoms with E-state index in [4.69, 9.17) is 4.74 Å². The molecule has 1 aromatic heterocycles. The molecule has 0 bridgehead atoms. The highest BCUT2D eigenvalue weighted by molar-refractivity contribution is 5.68. The zero-order valence-corrected chi connectivity index (χ0v) is 14.9. The van der Waals surface area contributed by atoms with E-state index < -0.39 is 0 Å². The van der Waals surface area contributed by atoms with Gasteiger partial charge in [0, 0.05) is 12.2 Å². The summed E-state index contributed by atoms with van der Waals surface area (Å²) < 4.78 is 5.86. The van der Waals surface area contributed by atoms with Crippen LogP contribution in [0.5, 0.6) is 5.75 Å². The molecule has 0 amide bonds. The third kappa shape index (κ3) is 3.31. The average Bonchev–Trinajstić information content (AvgIpc) is 3.07. The van der Waals surface area contributed by atoms with Crippen LogP contribution in [0.4, 0.5) is 23.1 Å². The van der Waals surface area contributed by atoms with Gasteiger partial charge in [0.05, 0.1) is 18.0 Å². The van der Waals surface area contributed by atoms with Crippen molar-refractivity contribution in [3.05, 3.63) is 60.3 Å². The van der Waals surface area contributed by atoms with Crippen LogP contribution in [0.2, 0.25) is 0 Å². The maximum absolute atomic E-state index is 5.86. The third-order valence-electron chi connectivity index (χ3n) is 4.19. The molecule has 0 radical (unpaired) electrons. The topological polar surface area (TPSA) is 63.2 Å². The van der Waals surface area contributed by atoms with Gasteiger partial charge < -0.3 is 15.0 Å². The Kier molecular flexibility index (Phi) is 4.39. The van der Waals surface area contributed by atoms with E-state index in [0.29, 0.717) is 11.8 Å². The third-order valence-corrected chi connectivity index (χ3v) is 4.19. The Bertz CT molecular complexity index is 912. The van der Waals surface area contributed by atoms with Crippen molar-refractivity contribution in [3.8, 4) is 5.75 Å². The van der Waals surface area contributed by atoms with Gasteiger partial charge in [-0.15, -0.1) is 5.10 Å². The van der Waals surface area contributed by atoms with Gasteiger partial charge in [-0.2, -0.15) is 10.1 Å². The Morgan fingerprint density at radius 2 is 1.88 bits per heavy atom. The number of para-hydroxylation sites is 3. The summed E-state index contributed by atoms with van der Waals surface area (Å²) in [5, 5.41) is 11.7. The summed E-state index contributed by atoms with van der Waals surface area (Å²) in [6.45, 7) is 4.87. The van der Waals surface area contributed by atoms with Crippen LogP contribution < -0.4 is 15.0 Å². The fourth-order valence-corrected chi connectivity index (χ4v) is 3.08. The van der Waals surface area contributed by atoms with Gasteiger partial charge >= 0.3 is 0 Å². The van der Waals surface area contributed by atoms with Gasteiger partial charge in [0.15, 0.2) is 5.82 Å². The van der Waals surface area contributed by atoms with Crippen LogP contribution in [0.3, 0.4) is 0 Å². The quantitative estimate of drug-likeness (QED) is 0.750. The van der Waals surface area contributed by atoms with E-state index in [1.54, 1.807) is 6.20 Å². The first-order valence-electron chi connectivity index (χ1n) is 8.78. The lowest BCUT2D eigenvalue weighted by atomic mass is 10.2. The van der Waals surface area contributed by atoms with Crippen molar-refractivity contribution in [2.75, 3.05) is 16.8 Å². The van der Waals surface area contributed by atoms with Crippen molar-refractivity contribution >= 4 is 23.1 Å². The maximum Gasteiger partial charge on any atom is 0.251 e. The molecule has 6 heteroatoms. The van der Waals surface area contributed by atoms with Gasteiger partial charge in [0.1, 0.15) is 5.75 Å². The highest BCUT2D eigenvalue weighted by Gasteiger charge is 2.22. The van der Waals surface area contributed by atoms with Crippen LogP contribution in [0.1, 0.15) is 19.4 Å². The smallest absolute Gasteiger partial charge is 0.251 e. The number of nitrogens with zero attached hydrogens (tertiary/aromatic N) is 4. The number of ether oxygens (including phenoxy) is 1. The molecule has 4 rings (SSSR count). The first kappa shape index (κ1) is 16.3. The van der Waals surface area contributed by atoms with E-state index in [1.807, 2.05) is 44.2 Å². The minimum atomic E-state index is 0.0955. The second-order valence-corrected chi connectivity index (χ2v) is 6.46. The van der Waals surface area contributed by atoms with Gasteiger partial charge in [0.2, 0.25) is 0 Å². The van der Waals surface area contributed by atoms with E-state index in [-0.39, 0.29) is 6.10 Å². The summed E-state index contributed by atoms with van der Waals surface area (Å²) in [5.74, 6) is 2.02. The molecule has 6 nitrogen and oxygen atoms in total. The Balaban J connectivity index is 1.60. The molecule has 1 N–H and O–H groups in total. The van der Waals surface area contributed by atoms with E-state index in [2.05, 4.69) is 43.6 Å². The van der Waals surface area contributed by atoms with Crippen molar-refractivity contribution in [2.24, 2.45) is 0 Å². The molecule has 26 heavy (non-hydrogen) atoms. The molecule has 2 aromatic carbocycles. The van der Waals surface area contributed by atoms with Gasteiger partial charge in [-0.1, -0.05) is 30.3 Å². The van der Waals surface area contributed by atoms with E-state index in [9.17, 15) is 0 Å². The number of hydrogen-bond acceptors (Lipinski definition) is 6. The molecule has 1 aliphatic heterocycles. The fraction of sp³-hybridized carbons (Fsp3) is 0.250. The molecular weight excluding hydrogens is 326 g/mol. The molecule has 0 spiro atoms. The normalized spacial score (nSPS) is 13.0. The molecule has 132 valence electrons. The molecule has 0 unspecified atom stereocenters. The standard InChI is InChI=1S/C20H21N5O/c1-14(2)26-18-10-6-4-8-16(18)22-19-13-21-24-20(23-19)25-12-11-15-7-3-5-9-17(15)25/h3-10,13-14H,11-12H2,1-2H3,(H,22,23,24). The van der Waals surface area contributed by atoms with Crippen LogP contribution in [0.15, 0.2) is 54.7 Å². The van der Waals surface area contributed by atoms with Crippen LogP contribution in [-0.2, 0) is 6.42 Å². The van der Waals surface area contributed by atoms with Crippen LogP contribution in [0.25, 0.3) is 0 Å². The molecule has 0 saturated carbocycles. The number of nitrogens with one attached hydrogen (secondary N) is 1. The monoisotopic (exact) mass is 347 g/mol. The Morgan fingerprint density at radius 3 is 2.77 bits per heavy atom. The van der Waals surface area contributed by atoms with E-state index >= 15 is 0 Å². The maximum atomic E-state index is 5.86. The second-order valence-electron chi connectivity index (χ2n) is 6.46. The highest BCUT2D eigenvalue weighted by atomic mass is 16.5. The summed E-state index contributed by atoms with van der Waals surface area (Å²) in [7, 11) is 0. The largest absolute Gasteiger partial charge is 0.489 e. The molecule has 0 atom stereocenters. The number of hydrogen-bond donors (Lipinski definition) is 1. The Labute approximate surface area is 152 Å². The van der Waals surface area contributed by atoms with Gasteiger partial charge in [-0.25, -0.2) is 0 Å². The van der Waals surface area contributed by atoms with Crippen LogP contribution in [-0.4, -0.2) is 27.8 Å². The predicted molar refractivity (Wildman–Crippen MR) is 102 cm³/mol. The van der Waals surface area contributed by atoms with E-state index in [0.717, 1.165) is 30.1 Å². The molecule has 0 fully saturated rings. The zero-order valence-electron chi connectivity index (χ0n) is 14.9. The van der Waals surface area contributed by atoms with Crippen LogP contribution >= 0.6 is 0 Å². The minimum absolute atomic E-state index is 0.0955. The number of anilines is 4. The Morgan fingerprint density at radius 1 is 1.08 bits per heavy atom. The molecular formula is C20H21N5O. The summed E-state index contributed by atoms with van der Waals surface area (Å²) in [5.41, 5.74) is 3.31. The SMILES string of the molecule is CC(C)Oc1ccccc1Nc1cnnc(N2CCc3ccccc32)n1. The number of aromatic nitrogens is 3. The van der Waals surface area contributed by atoms with Gasteiger partial charge in [-0.05, 0) is 44.0 Å². The van der Waals surface area contributed by atoms with Crippen LogP contribution in [0, 0.1) is 0 Å². The number of benzene rings is 2. The lowest BCUT2D eigenvalue weighted by molar-refractivity contribution is 0.244. The summed E-state index contributed by atoms with van der Waals surface area (Å²) >= 11 is 0. The van der Waals surface area contributed by atoms with Crippen molar-refractivity contribution in [2.45, 2.75) is 26.4 Å². The first-order valence-corrected chi connectivity index (χ1v) is 8.78. The predicted octanol–water partition coefficient (Wildman–Crippen LogP) is 4.10. The van der Waals surface area contributed by atoms with Gasteiger partial charge in [0.25, 0.3) is 5.95 Å². The number of fused-ring (bicyclic) bond motifs is 1. The fourth-order valence-electron chi connectivity index (χ4n) is 3.08. The molecule has 0 saturated heterocycles. The molecule has 0 aliphatic carbocycles. The molecule has 3 aromatic rings. The van der Waals surface area contributed by atoms with Crippen molar-refractivity contribution in [1.82, 2.24) is 15.2 Å².